The van der Waals surface area contributed by atoms with Crippen LogP contribution >= 0.6 is 11.3 Å². The van der Waals surface area contributed by atoms with Gasteiger partial charge in [0.15, 0.2) is 5.13 Å². The van der Waals surface area contributed by atoms with E-state index in [0.717, 1.165) is 23.8 Å². The SMILES string of the molecule is CS(=O)(=O)N1CCC(Nc2ncc(C(F)(F)F)c(-c3cnc(NCCO)s3)n2)CC1. The van der Waals surface area contributed by atoms with Crippen LogP contribution < -0.4 is 10.6 Å². The molecule has 9 nitrogen and oxygen atoms in total. The van der Waals surface area contributed by atoms with E-state index in [2.05, 4.69) is 25.6 Å². The van der Waals surface area contributed by atoms with E-state index in [9.17, 15) is 21.6 Å². The lowest BCUT2D eigenvalue weighted by Gasteiger charge is -2.30. The molecule has 0 unspecified atom stereocenters. The van der Waals surface area contributed by atoms with Gasteiger partial charge >= 0.3 is 6.18 Å². The fraction of sp³-hybridized carbons (Fsp3) is 0.562. The van der Waals surface area contributed by atoms with Crippen LogP contribution in [0.15, 0.2) is 12.4 Å². The van der Waals surface area contributed by atoms with Crippen LogP contribution in [0.4, 0.5) is 24.3 Å². The number of piperidine rings is 1. The third kappa shape index (κ3) is 5.56. The number of nitrogens with zero attached hydrogens (tertiary/aromatic N) is 4. The molecule has 3 N–H and O–H groups in total. The third-order valence-electron chi connectivity index (χ3n) is 4.48. The second-order valence-electron chi connectivity index (χ2n) is 6.71. The Labute approximate surface area is 175 Å². The molecule has 1 saturated heterocycles. The van der Waals surface area contributed by atoms with Gasteiger partial charge in [0.1, 0.15) is 5.56 Å². The van der Waals surface area contributed by atoms with Crippen LogP contribution in [0.3, 0.4) is 0 Å². The van der Waals surface area contributed by atoms with Crippen molar-refractivity contribution >= 4 is 32.4 Å². The quantitative estimate of drug-likeness (QED) is 0.566. The van der Waals surface area contributed by atoms with Crippen molar-refractivity contribution in [2.45, 2.75) is 25.1 Å². The Bertz CT molecular complexity index is 975. The Morgan fingerprint density at radius 2 is 1.97 bits per heavy atom. The van der Waals surface area contributed by atoms with Crippen molar-refractivity contribution in [1.29, 1.82) is 0 Å². The van der Waals surface area contributed by atoms with Crippen LogP contribution in [0.2, 0.25) is 0 Å². The van der Waals surface area contributed by atoms with Crippen LogP contribution in [0.1, 0.15) is 18.4 Å². The first-order valence-corrected chi connectivity index (χ1v) is 11.7. The summed E-state index contributed by atoms with van der Waals surface area (Å²) in [6.45, 7) is 0.724. The Morgan fingerprint density at radius 1 is 1.27 bits per heavy atom. The number of nitrogens with one attached hydrogen (secondary N) is 2. The third-order valence-corrected chi connectivity index (χ3v) is 6.74. The number of aliphatic hydroxyl groups is 1. The molecule has 2 aromatic heterocycles. The Balaban J connectivity index is 1.81. The zero-order valence-electron chi connectivity index (χ0n) is 16.0. The van der Waals surface area contributed by atoms with Crippen molar-refractivity contribution < 1.29 is 26.7 Å². The number of alkyl halides is 3. The molecule has 0 aliphatic carbocycles. The lowest BCUT2D eigenvalue weighted by molar-refractivity contribution is -0.137. The van der Waals surface area contributed by atoms with Crippen LogP contribution in [0.5, 0.6) is 0 Å². The summed E-state index contributed by atoms with van der Waals surface area (Å²) in [6, 6.07) is -0.157. The summed E-state index contributed by atoms with van der Waals surface area (Å²) < 4.78 is 65.0. The van der Waals surface area contributed by atoms with E-state index in [1.807, 2.05) is 0 Å². The second kappa shape index (κ2) is 8.99. The standard InChI is InChI=1S/C16H21F3N6O3S2/c1-30(27,28)25-5-2-10(3-6-25)23-14-21-8-11(16(17,18)19)13(24-14)12-9-22-15(29-12)20-4-7-26/h8-10,26H,2-7H2,1H3,(H,20,22)(H,21,23,24). The first-order valence-electron chi connectivity index (χ1n) is 9.04. The monoisotopic (exact) mass is 466 g/mol. The average molecular weight is 467 g/mol. The lowest BCUT2D eigenvalue weighted by atomic mass is 10.1. The summed E-state index contributed by atoms with van der Waals surface area (Å²) in [4.78, 5) is 12.1. The minimum absolute atomic E-state index is 0.0362. The number of aromatic nitrogens is 3. The first-order chi connectivity index (χ1) is 14.1. The number of halogens is 3. The molecule has 0 spiro atoms. The molecule has 0 bridgehead atoms. The van der Waals surface area contributed by atoms with Crippen molar-refractivity contribution in [3.05, 3.63) is 18.0 Å². The number of hydrogen-bond acceptors (Lipinski definition) is 9. The van der Waals surface area contributed by atoms with Crippen LogP contribution in [0.25, 0.3) is 10.6 Å². The minimum atomic E-state index is -4.64. The predicted molar refractivity (Wildman–Crippen MR) is 107 cm³/mol. The average Bonchev–Trinajstić information content (AvgIpc) is 3.14. The largest absolute Gasteiger partial charge is 0.420 e. The molecule has 3 heterocycles. The van der Waals surface area contributed by atoms with E-state index in [1.54, 1.807) is 0 Å². The molecule has 14 heteroatoms. The predicted octanol–water partition coefficient (Wildman–Crippen LogP) is 1.86. The van der Waals surface area contributed by atoms with Gasteiger partial charge < -0.3 is 15.7 Å². The number of anilines is 2. The van der Waals surface area contributed by atoms with Gasteiger partial charge in [-0.1, -0.05) is 11.3 Å². The maximum absolute atomic E-state index is 13.5. The minimum Gasteiger partial charge on any atom is -0.395 e. The molecule has 1 aliphatic heterocycles. The highest BCUT2D eigenvalue weighted by molar-refractivity contribution is 7.88. The van der Waals surface area contributed by atoms with Crippen molar-refractivity contribution in [2.75, 3.05) is 43.1 Å². The van der Waals surface area contributed by atoms with E-state index in [0.29, 0.717) is 31.1 Å². The molecule has 0 radical (unpaired) electrons. The molecule has 166 valence electrons. The van der Waals surface area contributed by atoms with Crippen LogP contribution in [-0.2, 0) is 16.2 Å². The zero-order valence-corrected chi connectivity index (χ0v) is 17.6. The topological polar surface area (TPSA) is 120 Å². The van der Waals surface area contributed by atoms with Gasteiger partial charge in [0.25, 0.3) is 0 Å². The lowest BCUT2D eigenvalue weighted by Crippen LogP contribution is -2.42. The Morgan fingerprint density at radius 3 is 2.57 bits per heavy atom. The van der Waals surface area contributed by atoms with Gasteiger partial charge in [0.05, 0.1) is 23.4 Å². The van der Waals surface area contributed by atoms with E-state index in [-0.39, 0.29) is 35.7 Å². The van der Waals surface area contributed by atoms with Crippen LogP contribution in [-0.4, -0.2) is 71.3 Å². The van der Waals surface area contributed by atoms with Crippen molar-refractivity contribution in [3.8, 4) is 10.6 Å². The second-order valence-corrected chi connectivity index (χ2v) is 9.73. The maximum Gasteiger partial charge on any atom is 0.420 e. The highest BCUT2D eigenvalue weighted by atomic mass is 32.2. The summed E-state index contributed by atoms with van der Waals surface area (Å²) in [5, 5.41) is 15.0. The molecular formula is C16H21F3N6O3S2. The molecule has 1 fully saturated rings. The summed E-state index contributed by atoms with van der Waals surface area (Å²) in [7, 11) is -3.27. The van der Waals surface area contributed by atoms with E-state index >= 15 is 0 Å². The fourth-order valence-corrected chi connectivity index (χ4v) is 4.71. The normalized spacial score (nSPS) is 16.6. The van der Waals surface area contributed by atoms with Crippen molar-refractivity contribution in [2.24, 2.45) is 0 Å². The first kappa shape index (κ1) is 22.7. The van der Waals surface area contributed by atoms with Gasteiger partial charge in [0.2, 0.25) is 16.0 Å². The van der Waals surface area contributed by atoms with Gasteiger partial charge in [-0.05, 0) is 12.8 Å². The fourth-order valence-electron chi connectivity index (χ4n) is 2.99. The Kier molecular flexibility index (Phi) is 6.79. The molecule has 30 heavy (non-hydrogen) atoms. The maximum atomic E-state index is 13.5. The summed E-state index contributed by atoms with van der Waals surface area (Å²) in [6.07, 6.45) is -0.500. The van der Waals surface area contributed by atoms with Gasteiger partial charge in [-0.15, -0.1) is 0 Å². The van der Waals surface area contributed by atoms with E-state index in [4.69, 9.17) is 5.11 Å². The molecule has 3 rings (SSSR count). The number of sulfonamides is 1. The summed E-state index contributed by atoms with van der Waals surface area (Å²) in [5.41, 5.74) is -1.26. The van der Waals surface area contributed by atoms with Gasteiger partial charge in [-0.2, -0.15) is 13.2 Å². The molecule has 0 amide bonds. The highest BCUT2D eigenvalue weighted by Gasteiger charge is 2.36. The number of rotatable bonds is 7. The Hall–Kier alpha value is -2.03. The highest BCUT2D eigenvalue weighted by Crippen LogP contribution is 2.38. The summed E-state index contributed by atoms with van der Waals surface area (Å²) >= 11 is 0.989. The van der Waals surface area contributed by atoms with Gasteiger partial charge in [-0.3, -0.25) is 0 Å². The molecule has 1 aliphatic rings. The van der Waals surface area contributed by atoms with E-state index < -0.39 is 21.8 Å². The number of thiazole rings is 1. The molecule has 0 atom stereocenters. The van der Waals surface area contributed by atoms with Crippen molar-refractivity contribution in [1.82, 2.24) is 19.3 Å². The van der Waals surface area contributed by atoms with Crippen molar-refractivity contribution in [3.63, 3.8) is 0 Å². The smallest absolute Gasteiger partial charge is 0.395 e. The molecule has 0 aromatic carbocycles. The molecule has 2 aromatic rings. The van der Waals surface area contributed by atoms with E-state index in [1.165, 1.54) is 10.5 Å². The van der Waals surface area contributed by atoms with Gasteiger partial charge in [0, 0.05) is 38.1 Å². The summed E-state index contributed by atoms with van der Waals surface area (Å²) in [5.74, 6) is 0.0362. The van der Waals surface area contributed by atoms with Gasteiger partial charge in [-0.25, -0.2) is 27.7 Å². The number of hydrogen-bond donors (Lipinski definition) is 3. The van der Waals surface area contributed by atoms with Crippen LogP contribution in [0, 0.1) is 0 Å². The zero-order chi connectivity index (χ0) is 21.9. The number of aliphatic hydroxyl groups excluding tert-OH is 1. The molecular weight excluding hydrogens is 445 g/mol. The molecule has 0 saturated carbocycles.